The van der Waals surface area contributed by atoms with Crippen LogP contribution >= 0.6 is 11.8 Å². The van der Waals surface area contributed by atoms with Gasteiger partial charge in [0.1, 0.15) is 10.8 Å². The van der Waals surface area contributed by atoms with Gasteiger partial charge in [-0.3, -0.25) is 10.2 Å². The van der Waals surface area contributed by atoms with E-state index in [0.717, 1.165) is 24.3 Å². The van der Waals surface area contributed by atoms with E-state index in [9.17, 15) is 4.79 Å². The molecule has 0 radical (unpaired) electrons. The largest absolute Gasteiger partial charge is 0.465 e. The summed E-state index contributed by atoms with van der Waals surface area (Å²) in [7, 11) is 0. The maximum atomic E-state index is 12.1. The summed E-state index contributed by atoms with van der Waals surface area (Å²) in [5.74, 6) is 0.131. The molecule has 2 aliphatic rings. The van der Waals surface area contributed by atoms with Crippen molar-refractivity contribution in [3.8, 4) is 0 Å². The average molecular weight is 302 g/mol. The number of nitrogens with zero attached hydrogens (tertiary/aromatic N) is 3. The normalized spacial score (nSPS) is 19.9. The smallest absolute Gasteiger partial charge is 0.283 e. The molecule has 7 heteroatoms. The average Bonchev–Trinajstić information content (AvgIpc) is 3.10. The number of unbranched alkanes of at least 4 members (excludes halogenated alkanes) is 1. The van der Waals surface area contributed by atoms with Gasteiger partial charge in [0.2, 0.25) is 5.17 Å². The SMILES string of the molecule is CCCCC1=NN2C(=N)C(=Cc3ccco3)C(=O)N=C2S1. The highest BCUT2D eigenvalue weighted by Crippen LogP contribution is 2.29. The van der Waals surface area contributed by atoms with Crippen molar-refractivity contribution in [1.82, 2.24) is 5.01 Å². The quantitative estimate of drug-likeness (QED) is 0.866. The van der Waals surface area contributed by atoms with E-state index < -0.39 is 5.91 Å². The third-order valence-electron chi connectivity index (χ3n) is 3.07. The van der Waals surface area contributed by atoms with E-state index in [1.165, 1.54) is 29.1 Å². The molecular formula is C14H14N4O2S. The number of aliphatic imine (C=N–C) groups is 1. The van der Waals surface area contributed by atoms with Gasteiger partial charge in [-0.1, -0.05) is 13.3 Å². The first-order chi connectivity index (χ1) is 10.2. The topological polar surface area (TPSA) is 82.0 Å². The lowest BCUT2D eigenvalue weighted by molar-refractivity contribution is -0.114. The van der Waals surface area contributed by atoms with E-state index in [4.69, 9.17) is 9.83 Å². The van der Waals surface area contributed by atoms with Crippen LogP contribution in [0.25, 0.3) is 6.08 Å². The number of nitrogens with one attached hydrogen (secondary N) is 1. The zero-order valence-corrected chi connectivity index (χ0v) is 12.3. The molecule has 1 aromatic heterocycles. The van der Waals surface area contributed by atoms with E-state index in [-0.39, 0.29) is 11.4 Å². The Labute approximate surface area is 126 Å². The molecule has 3 heterocycles. The summed E-state index contributed by atoms with van der Waals surface area (Å²) in [6, 6.07) is 3.45. The standard InChI is InChI=1S/C14H14N4O2S/c1-2-3-6-11-17-18-12(15)10(8-9-5-4-7-20-9)13(19)16-14(18)21-11/h4-5,7-8,15H,2-3,6H2,1H3. The first kappa shape index (κ1) is 13.8. The van der Waals surface area contributed by atoms with Crippen LogP contribution in [0.5, 0.6) is 0 Å². The molecule has 3 rings (SSSR count). The Morgan fingerprint density at radius 3 is 3.10 bits per heavy atom. The van der Waals surface area contributed by atoms with Gasteiger partial charge in [0.05, 0.1) is 11.8 Å². The lowest BCUT2D eigenvalue weighted by atomic mass is 10.1. The Kier molecular flexibility index (Phi) is 3.74. The maximum Gasteiger partial charge on any atom is 0.283 e. The summed E-state index contributed by atoms with van der Waals surface area (Å²) in [5, 5.41) is 15.3. The molecule has 0 atom stereocenters. The van der Waals surface area contributed by atoms with Crippen LogP contribution in [0.1, 0.15) is 31.9 Å². The Balaban J connectivity index is 1.88. The number of amides is 1. The Bertz CT molecular complexity index is 673. The number of amidine groups is 2. The molecule has 0 aliphatic carbocycles. The molecule has 1 amide bonds. The number of fused-ring (bicyclic) bond motifs is 1. The lowest BCUT2D eigenvalue weighted by Crippen LogP contribution is -2.35. The van der Waals surface area contributed by atoms with Gasteiger partial charge in [-0.2, -0.15) is 15.1 Å². The highest BCUT2D eigenvalue weighted by atomic mass is 32.2. The molecule has 21 heavy (non-hydrogen) atoms. The van der Waals surface area contributed by atoms with E-state index >= 15 is 0 Å². The van der Waals surface area contributed by atoms with Crippen LogP contribution in [0.15, 0.2) is 38.5 Å². The summed E-state index contributed by atoms with van der Waals surface area (Å²) in [4.78, 5) is 16.1. The predicted octanol–water partition coefficient (Wildman–Crippen LogP) is 3.09. The fraction of sp³-hybridized carbons (Fsp3) is 0.286. The van der Waals surface area contributed by atoms with Crippen molar-refractivity contribution in [2.24, 2.45) is 10.1 Å². The van der Waals surface area contributed by atoms with Gasteiger partial charge in [-0.25, -0.2) is 0 Å². The Morgan fingerprint density at radius 1 is 1.52 bits per heavy atom. The van der Waals surface area contributed by atoms with Crippen LogP contribution in [0.3, 0.4) is 0 Å². The van der Waals surface area contributed by atoms with Crippen molar-refractivity contribution in [2.45, 2.75) is 26.2 Å². The second-order valence-electron chi connectivity index (χ2n) is 4.63. The molecule has 0 fully saturated rings. The van der Waals surface area contributed by atoms with E-state index in [2.05, 4.69) is 17.0 Å². The number of carbonyl (C=O) groups is 1. The summed E-state index contributed by atoms with van der Waals surface area (Å²) in [6.07, 6.45) is 5.99. The molecule has 1 aromatic rings. The number of hydrogen-bond donors (Lipinski definition) is 1. The second kappa shape index (κ2) is 5.69. The molecule has 1 N–H and O–H groups in total. The van der Waals surface area contributed by atoms with Crippen molar-refractivity contribution in [3.63, 3.8) is 0 Å². The number of thioether (sulfide) groups is 1. The molecule has 0 bridgehead atoms. The van der Waals surface area contributed by atoms with Crippen molar-refractivity contribution in [2.75, 3.05) is 0 Å². The molecule has 0 saturated carbocycles. The summed E-state index contributed by atoms with van der Waals surface area (Å²) < 4.78 is 5.19. The molecular weight excluding hydrogens is 288 g/mol. The number of hydrazone groups is 1. The molecule has 2 aliphatic heterocycles. The van der Waals surface area contributed by atoms with Crippen LogP contribution < -0.4 is 0 Å². The van der Waals surface area contributed by atoms with Gasteiger partial charge < -0.3 is 4.42 Å². The first-order valence-electron chi connectivity index (χ1n) is 6.71. The van der Waals surface area contributed by atoms with Gasteiger partial charge in [0.15, 0.2) is 5.84 Å². The van der Waals surface area contributed by atoms with E-state index in [0.29, 0.717) is 10.9 Å². The van der Waals surface area contributed by atoms with Crippen LogP contribution in [0.2, 0.25) is 0 Å². The third-order valence-corrected chi connectivity index (χ3v) is 4.04. The van der Waals surface area contributed by atoms with Crippen molar-refractivity contribution in [3.05, 3.63) is 29.7 Å². The Hall–Kier alpha value is -2.15. The fourth-order valence-corrected chi connectivity index (χ4v) is 2.90. The number of furan rings is 1. The zero-order valence-electron chi connectivity index (χ0n) is 11.5. The summed E-state index contributed by atoms with van der Waals surface area (Å²) in [5.41, 5.74) is 0.190. The van der Waals surface area contributed by atoms with Crippen LogP contribution in [0.4, 0.5) is 0 Å². The van der Waals surface area contributed by atoms with Crippen LogP contribution in [0, 0.1) is 5.41 Å². The monoisotopic (exact) mass is 302 g/mol. The molecule has 108 valence electrons. The highest BCUT2D eigenvalue weighted by Gasteiger charge is 2.35. The van der Waals surface area contributed by atoms with Gasteiger partial charge in [-0.15, -0.1) is 0 Å². The maximum absolute atomic E-state index is 12.1. The highest BCUT2D eigenvalue weighted by molar-refractivity contribution is 8.26. The summed E-state index contributed by atoms with van der Waals surface area (Å²) in [6.45, 7) is 2.11. The Morgan fingerprint density at radius 2 is 2.38 bits per heavy atom. The number of carbonyl (C=O) groups excluding carboxylic acids is 1. The minimum Gasteiger partial charge on any atom is -0.465 e. The van der Waals surface area contributed by atoms with Crippen molar-refractivity contribution in [1.29, 1.82) is 5.41 Å². The van der Waals surface area contributed by atoms with Crippen molar-refractivity contribution >= 4 is 39.8 Å². The second-order valence-corrected chi connectivity index (χ2v) is 5.67. The number of hydrogen-bond acceptors (Lipinski definition) is 5. The van der Waals surface area contributed by atoms with Gasteiger partial charge in [0, 0.05) is 0 Å². The molecule has 6 nitrogen and oxygen atoms in total. The number of rotatable bonds is 4. The summed E-state index contributed by atoms with van der Waals surface area (Å²) >= 11 is 1.37. The predicted molar refractivity (Wildman–Crippen MR) is 83.2 cm³/mol. The van der Waals surface area contributed by atoms with E-state index in [1.807, 2.05) is 0 Å². The third kappa shape index (κ3) is 2.69. The molecule has 0 saturated heterocycles. The molecule has 0 unspecified atom stereocenters. The van der Waals surface area contributed by atoms with Gasteiger partial charge >= 0.3 is 0 Å². The van der Waals surface area contributed by atoms with Crippen LogP contribution in [-0.2, 0) is 4.79 Å². The van der Waals surface area contributed by atoms with Gasteiger partial charge in [-0.05, 0) is 42.8 Å². The molecule has 0 aromatic carbocycles. The van der Waals surface area contributed by atoms with Crippen LogP contribution in [-0.4, -0.2) is 27.0 Å². The molecule has 0 spiro atoms. The lowest BCUT2D eigenvalue weighted by Gasteiger charge is -2.19. The zero-order chi connectivity index (χ0) is 14.8. The van der Waals surface area contributed by atoms with Crippen molar-refractivity contribution < 1.29 is 9.21 Å². The first-order valence-corrected chi connectivity index (χ1v) is 7.53. The minimum absolute atomic E-state index is 0.0420. The van der Waals surface area contributed by atoms with Gasteiger partial charge in [0.25, 0.3) is 5.91 Å². The van der Waals surface area contributed by atoms with E-state index in [1.54, 1.807) is 12.1 Å². The minimum atomic E-state index is -0.429. The fourth-order valence-electron chi connectivity index (χ4n) is 1.98.